The third-order valence-electron chi connectivity index (χ3n) is 2.97. The third-order valence-corrected chi connectivity index (χ3v) is 3.79. The van der Waals surface area contributed by atoms with Crippen molar-refractivity contribution in [1.29, 1.82) is 0 Å². The fourth-order valence-corrected chi connectivity index (χ4v) is 2.79. The summed E-state index contributed by atoms with van der Waals surface area (Å²) in [5.74, 6) is 0.491. The summed E-state index contributed by atoms with van der Waals surface area (Å²) in [7, 11) is 0. The topological polar surface area (TPSA) is 33.4 Å². The highest BCUT2D eigenvalue weighted by Gasteiger charge is 2.18. The van der Waals surface area contributed by atoms with E-state index in [0.29, 0.717) is 16.3 Å². The zero-order valence-corrected chi connectivity index (χ0v) is 12.1. The molecule has 0 aliphatic carbocycles. The number of furan rings is 1. The van der Waals surface area contributed by atoms with E-state index in [1.165, 1.54) is 0 Å². The quantitative estimate of drug-likeness (QED) is 0.719. The van der Waals surface area contributed by atoms with Crippen LogP contribution in [0.3, 0.4) is 0 Å². The first-order valence-corrected chi connectivity index (χ1v) is 6.94. The summed E-state index contributed by atoms with van der Waals surface area (Å²) in [6, 6.07) is 14.8. The van der Waals surface area contributed by atoms with Gasteiger partial charge in [-0.15, -0.1) is 0 Å². The van der Waals surface area contributed by atoms with E-state index in [4.69, 9.17) is 16.0 Å². The van der Waals surface area contributed by atoms with Gasteiger partial charge in [0.15, 0.2) is 0 Å². The van der Waals surface area contributed by atoms with Gasteiger partial charge in [0, 0.05) is 20.4 Å². The monoisotopic (exact) mass is 336 g/mol. The molecule has 2 aromatic carbocycles. The van der Waals surface area contributed by atoms with Crippen molar-refractivity contribution in [3.8, 4) is 0 Å². The molecule has 0 radical (unpaired) electrons. The minimum absolute atomic E-state index is 0.491. The van der Waals surface area contributed by atoms with E-state index in [0.717, 1.165) is 15.4 Å². The Balaban J connectivity index is 2.05. The summed E-state index contributed by atoms with van der Waals surface area (Å²) in [6.45, 7) is 0. The van der Waals surface area contributed by atoms with E-state index >= 15 is 0 Å². The molecule has 3 rings (SSSR count). The van der Waals surface area contributed by atoms with Gasteiger partial charge in [0.2, 0.25) is 0 Å². The lowest BCUT2D eigenvalue weighted by atomic mass is 10.1. The Kier molecular flexibility index (Phi) is 3.35. The van der Waals surface area contributed by atoms with Gasteiger partial charge in [-0.05, 0) is 24.3 Å². The maximum absolute atomic E-state index is 10.4. The number of fused-ring (bicyclic) bond motifs is 1. The van der Waals surface area contributed by atoms with Gasteiger partial charge in [0.1, 0.15) is 17.4 Å². The molecule has 3 aromatic rings. The highest BCUT2D eigenvalue weighted by Crippen LogP contribution is 2.33. The zero-order valence-electron chi connectivity index (χ0n) is 9.81. The molecule has 1 heterocycles. The predicted molar refractivity (Wildman–Crippen MR) is 79.4 cm³/mol. The molecule has 19 heavy (non-hydrogen) atoms. The van der Waals surface area contributed by atoms with Crippen LogP contribution in [0.1, 0.15) is 17.4 Å². The maximum atomic E-state index is 10.4. The van der Waals surface area contributed by atoms with Crippen molar-refractivity contribution in [1.82, 2.24) is 0 Å². The van der Waals surface area contributed by atoms with Gasteiger partial charge in [-0.25, -0.2) is 0 Å². The van der Waals surface area contributed by atoms with E-state index in [1.54, 1.807) is 12.1 Å². The number of halogens is 2. The Labute approximate surface area is 123 Å². The van der Waals surface area contributed by atoms with E-state index in [-0.39, 0.29) is 0 Å². The molecule has 1 atom stereocenters. The number of aliphatic hydroxyl groups is 1. The minimum Gasteiger partial charge on any atom is -0.458 e. The second-order valence-corrected chi connectivity index (χ2v) is 5.58. The van der Waals surface area contributed by atoms with Crippen LogP contribution in [-0.2, 0) is 0 Å². The lowest BCUT2D eigenvalue weighted by molar-refractivity contribution is 0.192. The number of benzene rings is 2. The molecule has 0 saturated heterocycles. The summed E-state index contributed by atoms with van der Waals surface area (Å²) in [5, 5.41) is 11.8. The van der Waals surface area contributed by atoms with Crippen LogP contribution < -0.4 is 0 Å². The molecule has 0 fully saturated rings. The molecule has 1 N–H and O–H groups in total. The fraction of sp³-hybridized carbons (Fsp3) is 0.0667. The Morgan fingerprint density at radius 2 is 1.89 bits per heavy atom. The third kappa shape index (κ3) is 2.41. The molecular formula is C15H10BrClO2. The Bertz CT molecular complexity index is 703. The van der Waals surface area contributed by atoms with E-state index < -0.39 is 6.10 Å². The van der Waals surface area contributed by atoms with Crippen LogP contribution in [0.15, 0.2) is 57.4 Å². The van der Waals surface area contributed by atoms with Gasteiger partial charge >= 0.3 is 0 Å². The number of rotatable bonds is 2. The lowest BCUT2D eigenvalue weighted by Gasteiger charge is -2.10. The van der Waals surface area contributed by atoms with Crippen molar-refractivity contribution in [2.24, 2.45) is 0 Å². The molecule has 0 aliphatic heterocycles. The van der Waals surface area contributed by atoms with Crippen molar-refractivity contribution in [3.05, 3.63) is 69.3 Å². The highest BCUT2D eigenvalue weighted by molar-refractivity contribution is 9.10. The molecule has 0 spiro atoms. The van der Waals surface area contributed by atoms with Gasteiger partial charge in [-0.1, -0.05) is 51.8 Å². The van der Waals surface area contributed by atoms with Crippen molar-refractivity contribution in [3.63, 3.8) is 0 Å². The lowest BCUT2D eigenvalue weighted by Crippen LogP contribution is -1.98. The molecule has 2 nitrogen and oxygen atoms in total. The second-order valence-electron chi connectivity index (χ2n) is 4.25. The number of hydrogen-bond acceptors (Lipinski definition) is 2. The fourth-order valence-electron chi connectivity index (χ4n) is 2.01. The second kappa shape index (κ2) is 5.00. The summed E-state index contributed by atoms with van der Waals surface area (Å²) < 4.78 is 6.52. The molecule has 0 aliphatic rings. The molecule has 1 aromatic heterocycles. The van der Waals surface area contributed by atoms with Crippen molar-refractivity contribution >= 4 is 38.5 Å². The van der Waals surface area contributed by atoms with Crippen LogP contribution in [0.25, 0.3) is 11.0 Å². The van der Waals surface area contributed by atoms with Crippen LogP contribution in [0.2, 0.25) is 5.02 Å². The number of hydrogen-bond donors (Lipinski definition) is 1. The van der Waals surface area contributed by atoms with Gasteiger partial charge in [-0.2, -0.15) is 0 Å². The van der Waals surface area contributed by atoms with Crippen molar-refractivity contribution in [2.75, 3.05) is 0 Å². The standard InChI is InChI=1S/C15H10BrClO2/c16-10-5-6-11(12(17)8-10)15(18)14-7-9-3-1-2-4-13(9)19-14/h1-8,15,18H. The van der Waals surface area contributed by atoms with Gasteiger partial charge < -0.3 is 9.52 Å². The first-order valence-electron chi connectivity index (χ1n) is 5.76. The minimum atomic E-state index is -0.868. The Morgan fingerprint density at radius 3 is 2.63 bits per heavy atom. The summed E-state index contributed by atoms with van der Waals surface area (Å²) in [6.07, 6.45) is -0.868. The summed E-state index contributed by atoms with van der Waals surface area (Å²) in [4.78, 5) is 0. The highest BCUT2D eigenvalue weighted by atomic mass is 79.9. The molecule has 4 heteroatoms. The van der Waals surface area contributed by atoms with Gasteiger partial charge in [0.05, 0.1) is 0 Å². The predicted octanol–water partition coefficient (Wildman–Crippen LogP) is 4.93. The molecule has 0 saturated carbocycles. The van der Waals surface area contributed by atoms with Crippen molar-refractivity contribution < 1.29 is 9.52 Å². The van der Waals surface area contributed by atoms with Crippen LogP contribution in [-0.4, -0.2) is 5.11 Å². The number of aliphatic hydroxyl groups excluding tert-OH is 1. The largest absolute Gasteiger partial charge is 0.458 e. The van der Waals surface area contributed by atoms with E-state index in [2.05, 4.69) is 15.9 Å². The first kappa shape index (κ1) is 12.7. The molecule has 0 amide bonds. The van der Waals surface area contributed by atoms with Gasteiger partial charge in [-0.3, -0.25) is 0 Å². The van der Waals surface area contributed by atoms with Crippen molar-refractivity contribution in [2.45, 2.75) is 6.10 Å². The molecule has 1 unspecified atom stereocenters. The SMILES string of the molecule is OC(c1cc2ccccc2o1)c1ccc(Br)cc1Cl. The van der Waals surface area contributed by atoms with Crippen LogP contribution in [0, 0.1) is 0 Å². The number of para-hydroxylation sites is 1. The zero-order chi connectivity index (χ0) is 13.4. The van der Waals surface area contributed by atoms with Crippen LogP contribution >= 0.6 is 27.5 Å². The maximum Gasteiger partial charge on any atom is 0.138 e. The average Bonchev–Trinajstić information content (AvgIpc) is 2.81. The van der Waals surface area contributed by atoms with E-state index in [9.17, 15) is 5.11 Å². The van der Waals surface area contributed by atoms with Gasteiger partial charge in [0.25, 0.3) is 0 Å². The summed E-state index contributed by atoms with van der Waals surface area (Å²) >= 11 is 9.48. The Morgan fingerprint density at radius 1 is 1.11 bits per heavy atom. The molecular weight excluding hydrogens is 328 g/mol. The Hall–Kier alpha value is -1.29. The first-order chi connectivity index (χ1) is 9.15. The molecule has 0 bridgehead atoms. The average molecular weight is 338 g/mol. The smallest absolute Gasteiger partial charge is 0.138 e. The molecule has 96 valence electrons. The van der Waals surface area contributed by atoms with E-state index in [1.807, 2.05) is 36.4 Å². The van der Waals surface area contributed by atoms with Crippen LogP contribution in [0.5, 0.6) is 0 Å². The van der Waals surface area contributed by atoms with Crippen LogP contribution in [0.4, 0.5) is 0 Å². The summed E-state index contributed by atoms with van der Waals surface area (Å²) in [5.41, 5.74) is 1.38. The normalized spacial score (nSPS) is 12.8.